The van der Waals surface area contributed by atoms with Crippen molar-refractivity contribution in [1.29, 1.82) is 0 Å². The smallest absolute Gasteiger partial charge is 0.253 e. The van der Waals surface area contributed by atoms with E-state index >= 15 is 0 Å². The highest BCUT2D eigenvalue weighted by Gasteiger charge is 2.20. The summed E-state index contributed by atoms with van der Waals surface area (Å²) < 4.78 is 0. The Balaban J connectivity index is 1.75. The molecule has 8 heteroatoms. The van der Waals surface area contributed by atoms with Crippen LogP contribution in [0.25, 0.3) is 0 Å². The Bertz CT molecular complexity index is 667. The van der Waals surface area contributed by atoms with E-state index in [0.29, 0.717) is 25.9 Å². The van der Waals surface area contributed by atoms with Crippen molar-refractivity contribution in [3.05, 3.63) is 33.8 Å². The van der Waals surface area contributed by atoms with Crippen LogP contribution in [0.1, 0.15) is 36.5 Å². The number of hydrogen-bond donors (Lipinski definition) is 2. The highest BCUT2D eigenvalue weighted by Crippen LogP contribution is 2.25. The maximum absolute atomic E-state index is 12.2. The number of hydrogen-bond acceptors (Lipinski definition) is 3. The molecule has 1 heterocycles. The molecular formula is C17H21Cl2N3O3. The number of nitrogens with zero attached hydrogens (tertiary/aromatic N) is 1. The molecule has 1 aliphatic heterocycles. The molecule has 0 aliphatic carbocycles. The minimum atomic E-state index is -0.712. The first-order valence-electron chi connectivity index (χ1n) is 8.20. The van der Waals surface area contributed by atoms with Gasteiger partial charge in [0.1, 0.15) is 6.04 Å². The fourth-order valence-corrected chi connectivity index (χ4v) is 2.98. The summed E-state index contributed by atoms with van der Waals surface area (Å²) in [5.74, 6) is -0.581. The zero-order valence-corrected chi connectivity index (χ0v) is 15.5. The van der Waals surface area contributed by atoms with E-state index in [9.17, 15) is 14.4 Å². The predicted octanol–water partition coefficient (Wildman–Crippen LogP) is 2.24. The maximum atomic E-state index is 12.2. The molecule has 6 nitrogen and oxygen atoms in total. The summed E-state index contributed by atoms with van der Waals surface area (Å²) in [6, 6.07) is 4.03. The van der Waals surface area contributed by atoms with E-state index in [2.05, 4.69) is 10.6 Å². The third-order valence-electron chi connectivity index (χ3n) is 4.01. The van der Waals surface area contributed by atoms with Crippen molar-refractivity contribution in [2.24, 2.45) is 0 Å². The summed E-state index contributed by atoms with van der Waals surface area (Å²) in [7, 11) is 0. The van der Waals surface area contributed by atoms with E-state index < -0.39 is 11.9 Å². The summed E-state index contributed by atoms with van der Waals surface area (Å²) in [5.41, 5.74) is 0.223. The van der Waals surface area contributed by atoms with Crippen LogP contribution >= 0.6 is 23.2 Å². The molecule has 0 bridgehead atoms. The average molecular weight is 386 g/mol. The number of halogens is 2. The molecule has 1 atom stereocenters. The summed E-state index contributed by atoms with van der Waals surface area (Å²) in [6.45, 7) is 3.47. The molecule has 1 fully saturated rings. The molecule has 0 radical (unpaired) electrons. The lowest BCUT2D eigenvalue weighted by atomic mass is 10.2. The molecule has 1 aliphatic rings. The summed E-state index contributed by atoms with van der Waals surface area (Å²) in [5, 5.41) is 5.79. The average Bonchev–Trinajstić information content (AvgIpc) is 2.98. The van der Waals surface area contributed by atoms with Gasteiger partial charge < -0.3 is 15.5 Å². The van der Waals surface area contributed by atoms with Gasteiger partial charge in [-0.05, 0) is 31.9 Å². The summed E-state index contributed by atoms with van der Waals surface area (Å²) in [6.07, 6.45) is 2.19. The number of nitrogens with one attached hydrogen (secondary N) is 2. The molecule has 0 aromatic heterocycles. The van der Waals surface area contributed by atoms with Crippen molar-refractivity contribution in [3.8, 4) is 0 Å². The van der Waals surface area contributed by atoms with Gasteiger partial charge in [-0.2, -0.15) is 0 Å². The Hall–Kier alpha value is -1.79. The fourth-order valence-electron chi connectivity index (χ4n) is 2.59. The van der Waals surface area contributed by atoms with E-state index in [1.165, 1.54) is 0 Å². The van der Waals surface area contributed by atoms with Crippen molar-refractivity contribution < 1.29 is 14.4 Å². The minimum absolute atomic E-state index is 0.157. The van der Waals surface area contributed by atoms with Crippen LogP contribution < -0.4 is 10.6 Å². The third kappa shape index (κ3) is 5.34. The number of benzene rings is 1. The largest absolute Gasteiger partial charge is 0.354 e. The second kappa shape index (κ2) is 9.06. The lowest BCUT2D eigenvalue weighted by molar-refractivity contribution is -0.127. The van der Waals surface area contributed by atoms with Crippen molar-refractivity contribution >= 4 is 40.9 Å². The molecule has 2 N–H and O–H groups in total. The van der Waals surface area contributed by atoms with Gasteiger partial charge in [0.15, 0.2) is 0 Å². The zero-order chi connectivity index (χ0) is 18.4. The number of rotatable bonds is 7. The van der Waals surface area contributed by atoms with Gasteiger partial charge in [-0.25, -0.2) is 0 Å². The first-order valence-corrected chi connectivity index (χ1v) is 8.96. The van der Waals surface area contributed by atoms with E-state index in [0.717, 1.165) is 13.0 Å². The highest BCUT2D eigenvalue weighted by atomic mass is 35.5. The van der Waals surface area contributed by atoms with Crippen LogP contribution in [0.15, 0.2) is 18.2 Å². The van der Waals surface area contributed by atoms with Gasteiger partial charge in [0.05, 0.1) is 15.6 Å². The van der Waals surface area contributed by atoms with E-state index in [4.69, 9.17) is 23.2 Å². The van der Waals surface area contributed by atoms with E-state index in [1.54, 1.807) is 30.0 Å². The molecule has 0 spiro atoms. The summed E-state index contributed by atoms with van der Waals surface area (Å²) >= 11 is 11.9. The van der Waals surface area contributed by atoms with Crippen LogP contribution in [0.2, 0.25) is 10.0 Å². The lowest BCUT2D eigenvalue weighted by Crippen LogP contribution is -2.45. The van der Waals surface area contributed by atoms with Gasteiger partial charge in [0.2, 0.25) is 11.8 Å². The number of carbonyl (C=O) groups is 3. The van der Waals surface area contributed by atoms with Crippen LogP contribution in [-0.2, 0) is 9.59 Å². The van der Waals surface area contributed by atoms with Crippen LogP contribution in [0, 0.1) is 0 Å². The van der Waals surface area contributed by atoms with Crippen molar-refractivity contribution in [3.63, 3.8) is 0 Å². The third-order valence-corrected chi connectivity index (χ3v) is 4.83. The van der Waals surface area contributed by atoms with Gasteiger partial charge in [-0.15, -0.1) is 0 Å². The zero-order valence-electron chi connectivity index (χ0n) is 14.0. The molecule has 3 amide bonds. The Morgan fingerprint density at radius 2 is 2.08 bits per heavy atom. The van der Waals surface area contributed by atoms with Crippen LogP contribution in [0.4, 0.5) is 0 Å². The molecule has 25 heavy (non-hydrogen) atoms. The Morgan fingerprint density at radius 3 is 2.76 bits per heavy atom. The molecule has 136 valence electrons. The van der Waals surface area contributed by atoms with Crippen molar-refractivity contribution in [1.82, 2.24) is 15.5 Å². The molecule has 1 saturated heterocycles. The van der Waals surface area contributed by atoms with E-state index in [1.807, 2.05) is 0 Å². The number of carbonyl (C=O) groups excluding carboxylic acids is 3. The SMILES string of the molecule is CC(NC(=O)c1cccc(Cl)c1Cl)C(=O)NCCCN1CCCC1=O. The maximum Gasteiger partial charge on any atom is 0.253 e. The summed E-state index contributed by atoms with van der Waals surface area (Å²) in [4.78, 5) is 37.5. The van der Waals surface area contributed by atoms with Gasteiger partial charge in [0.25, 0.3) is 5.91 Å². The van der Waals surface area contributed by atoms with Crippen molar-refractivity contribution in [2.75, 3.05) is 19.6 Å². The number of likely N-dealkylation sites (tertiary alicyclic amines) is 1. The first-order chi connectivity index (χ1) is 11.9. The second-order valence-corrected chi connectivity index (χ2v) is 6.71. The lowest BCUT2D eigenvalue weighted by Gasteiger charge is -2.17. The molecule has 1 unspecified atom stereocenters. The Kier molecular flexibility index (Phi) is 7.08. The molecular weight excluding hydrogens is 365 g/mol. The van der Waals surface area contributed by atoms with Crippen LogP contribution in [0.3, 0.4) is 0 Å². The van der Waals surface area contributed by atoms with Crippen LogP contribution in [0.5, 0.6) is 0 Å². The molecule has 1 aromatic rings. The molecule has 0 saturated carbocycles. The predicted molar refractivity (Wildman–Crippen MR) is 96.8 cm³/mol. The Labute approximate surface area is 156 Å². The monoisotopic (exact) mass is 385 g/mol. The van der Waals surface area contributed by atoms with Crippen LogP contribution in [-0.4, -0.2) is 48.3 Å². The fraction of sp³-hybridized carbons (Fsp3) is 0.471. The van der Waals surface area contributed by atoms with E-state index in [-0.39, 0.29) is 27.4 Å². The minimum Gasteiger partial charge on any atom is -0.354 e. The normalized spacial score (nSPS) is 15.2. The van der Waals surface area contributed by atoms with Gasteiger partial charge >= 0.3 is 0 Å². The van der Waals surface area contributed by atoms with Gasteiger partial charge in [-0.1, -0.05) is 29.3 Å². The highest BCUT2D eigenvalue weighted by molar-refractivity contribution is 6.43. The Morgan fingerprint density at radius 1 is 1.32 bits per heavy atom. The first kappa shape index (κ1) is 19.5. The molecule has 2 rings (SSSR count). The quantitative estimate of drug-likeness (QED) is 0.706. The van der Waals surface area contributed by atoms with Crippen molar-refractivity contribution in [2.45, 2.75) is 32.2 Å². The molecule has 1 aromatic carbocycles. The standard InChI is InChI=1S/C17H21Cl2N3O3/c1-11(21-17(25)12-5-2-6-13(18)15(12)19)16(24)20-8-4-10-22-9-3-7-14(22)23/h2,5-6,11H,3-4,7-10H2,1H3,(H,20,24)(H,21,25). The van der Waals surface area contributed by atoms with Gasteiger partial charge in [-0.3, -0.25) is 14.4 Å². The van der Waals surface area contributed by atoms with Gasteiger partial charge in [0, 0.05) is 26.1 Å². The topological polar surface area (TPSA) is 78.5 Å². The number of amides is 3. The second-order valence-electron chi connectivity index (χ2n) is 5.93.